The van der Waals surface area contributed by atoms with Gasteiger partial charge in [-0.05, 0) is 34.7 Å². The fourth-order valence-electron chi connectivity index (χ4n) is 4.24. The number of aryl methyl sites for hydroxylation is 1. The third kappa shape index (κ3) is 5.50. The molecule has 1 aliphatic heterocycles. The molecule has 1 atom stereocenters. The van der Waals surface area contributed by atoms with Gasteiger partial charge in [-0.25, -0.2) is 0 Å². The monoisotopic (exact) mass is 415 g/mol. The lowest BCUT2D eigenvalue weighted by atomic mass is 10.0. The number of hydrogen-bond acceptors (Lipinski definition) is 3. The smallest absolute Gasteiger partial charge is 0.237 e. The Morgan fingerprint density at radius 2 is 1.77 bits per heavy atom. The summed E-state index contributed by atoms with van der Waals surface area (Å²) in [5.74, 6) is -0.135. The Morgan fingerprint density at radius 1 is 1.00 bits per heavy atom. The first-order valence-electron chi connectivity index (χ1n) is 11.0. The number of carbonyl (C=O) groups excluding carboxylic acids is 2. The summed E-state index contributed by atoms with van der Waals surface area (Å²) in [5, 5.41) is 8.29. The second-order valence-electron chi connectivity index (χ2n) is 8.06. The fourth-order valence-corrected chi connectivity index (χ4v) is 4.24. The largest absolute Gasteiger partial charge is 0.356 e. The second-order valence-corrected chi connectivity index (χ2v) is 8.06. The maximum atomic E-state index is 12.6. The van der Waals surface area contributed by atoms with Crippen LogP contribution in [0.15, 0.2) is 72.8 Å². The van der Waals surface area contributed by atoms with Gasteiger partial charge in [-0.2, -0.15) is 0 Å². The number of nitrogens with zero attached hydrogens (tertiary/aromatic N) is 1. The van der Waals surface area contributed by atoms with E-state index in [0.29, 0.717) is 19.6 Å². The molecule has 0 aliphatic carbocycles. The van der Waals surface area contributed by atoms with Crippen LogP contribution in [0.5, 0.6) is 0 Å². The number of piperazine rings is 1. The van der Waals surface area contributed by atoms with Gasteiger partial charge in [0, 0.05) is 26.2 Å². The zero-order valence-electron chi connectivity index (χ0n) is 17.7. The van der Waals surface area contributed by atoms with E-state index in [-0.39, 0.29) is 18.2 Å². The van der Waals surface area contributed by atoms with Gasteiger partial charge in [-0.1, -0.05) is 72.8 Å². The first-order valence-corrected chi connectivity index (χ1v) is 11.0. The van der Waals surface area contributed by atoms with Crippen molar-refractivity contribution in [2.45, 2.75) is 31.8 Å². The van der Waals surface area contributed by atoms with E-state index in [9.17, 15) is 9.59 Å². The summed E-state index contributed by atoms with van der Waals surface area (Å²) in [5.41, 5.74) is 2.45. The summed E-state index contributed by atoms with van der Waals surface area (Å²) >= 11 is 0. The number of fused-ring (bicyclic) bond motifs is 1. The minimum atomic E-state index is -0.443. The zero-order chi connectivity index (χ0) is 21.5. The number of carbonyl (C=O) groups is 2. The highest BCUT2D eigenvalue weighted by Crippen LogP contribution is 2.22. The van der Waals surface area contributed by atoms with Crippen molar-refractivity contribution >= 4 is 22.6 Å². The van der Waals surface area contributed by atoms with Crippen LogP contribution in [-0.4, -0.2) is 42.4 Å². The molecular formula is C26H29N3O2. The minimum Gasteiger partial charge on any atom is -0.356 e. The van der Waals surface area contributed by atoms with Crippen molar-refractivity contribution in [3.8, 4) is 0 Å². The predicted molar refractivity (Wildman–Crippen MR) is 124 cm³/mol. The van der Waals surface area contributed by atoms with Crippen molar-refractivity contribution in [3.63, 3.8) is 0 Å². The van der Waals surface area contributed by atoms with Crippen molar-refractivity contribution in [3.05, 3.63) is 83.9 Å². The van der Waals surface area contributed by atoms with Gasteiger partial charge in [0.05, 0.1) is 12.5 Å². The van der Waals surface area contributed by atoms with Crippen LogP contribution >= 0.6 is 0 Å². The summed E-state index contributed by atoms with van der Waals surface area (Å²) in [6, 6.07) is 24.4. The van der Waals surface area contributed by atoms with Crippen LogP contribution in [0.25, 0.3) is 10.8 Å². The Bertz CT molecular complexity index is 1030. The fraction of sp³-hybridized carbons (Fsp3) is 0.308. The molecule has 0 saturated carbocycles. The molecule has 2 N–H and O–H groups in total. The van der Waals surface area contributed by atoms with E-state index in [4.69, 9.17) is 0 Å². The van der Waals surface area contributed by atoms with Gasteiger partial charge < -0.3 is 10.6 Å². The molecule has 4 rings (SSSR count). The molecule has 160 valence electrons. The molecule has 5 nitrogen and oxygen atoms in total. The molecule has 1 heterocycles. The molecule has 1 aliphatic rings. The van der Waals surface area contributed by atoms with Crippen LogP contribution in [0.3, 0.4) is 0 Å². The molecule has 3 aromatic rings. The van der Waals surface area contributed by atoms with E-state index in [1.54, 1.807) is 0 Å². The molecular weight excluding hydrogens is 386 g/mol. The van der Waals surface area contributed by atoms with Crippen molar-refractivity contribution in [2.24, 2.45) is 0 Å². The van der Waals surface area contributed by atoms with Crippen molar-refractivity contribution < 1.29 is 9.59 Å². The van der Waals surface area contributed by atoms with E-state index in [2.05, 4.69) is 58.0 Å². The SMILES string of the molecule is O=C(C[C@@H]1C(=O)NCCN1Cc1cccc2ccccc12)NCCCc1ccccc1. The van der Waals surface area contributed by atoms with Crippen LogP contribution in [0.1, 0.15) is 24.0 Å². The molecule has 1 saturated heterocycles. The highest BCUT2D eigenvalue weighted by atomic mass is 16.2. The number of nitrogens with one attached hydrogen (secondary N) is 2. The van der Waals surface area contributed by atoms with Crippen LogP contribution in [-0.2, 0) is 22.6 Å². The highest BCUT2D eigenvalue weighted by molar-refractivity contribution is 5.89. The van der Waals surface area contributed by atoms with Crippen LogP contribution < -0.4 is 10.6 Å². The number of amides is 2. The maximum absolute atomic E-state index is 12.6. The molecule has 2 amide bonds. The molecule has 0 unspecified atom stereocenters. The first-order chi connectivity index (χ1) is 15.2. The Labute approximate surface area is 183 Å². The maximum Gasteiger partial charge on any atom is 0.237 e. The summed E-state index contributed by atoms with van der Waals surface area (Å²) in [6.07, 6.45) is 1.99. The number of rotatable bonds is 8. The summed E-state index contributed by atoms with van der Waals surface area (Å²) in [7, 11) is 0. The second kappa shape index (κ2) is 10.2. The molecule has 0 aromatic heterocycles. The Hall–Kier alpha value is -3.18. The molecule has 1 fully saturated rings. The normalized spacial score (nSPS) is 16.8. The van der Waals surface area contributed by atoms with Gasteiger partial charge >= 0.3 is 0 Å². The van der Waals surface area contributed by atoms with E-state index >= 15 is 0 Å². The van der Waals surface area contributed by atoms with Crippen molar-refractivity contribution in [1.29, 1.82) is 0 Å². The molecule has 3 aromatic carbocycles. The number of benzene rings is 3. The Kier molecular flexibility index (Phi) is 6.95. The summed E-state index contributed by atoms with van der Waals surface area (Å²) in [4.78, 5) is 27.3. The quantitative estimate of drug-likeness (QED) is 0.555. The van der Waals surface area contributed by atoms with E-state index < -0.39 is 6.04 Å². The molecule has 0 bridgehead atoms. The van der Waals surface area contributed by atoms with Crippen LogP contribution in [0.2, 0.25) is 0 Å². The molecule has 0 radical (unpaired) electrons. The molecule has 5 heteroatoms. The van der Waals surface area contributed by atoms with Gasteiger partial charge in [0.25, 0.3) is 0 Å². The van der Waals surface area contributed by atoms with Crippen molar-refractivity contribution in [1.82, 2.24) is 15.5 Å². The van der Waals surface area contributed by atoms with Gasteiger partial charge in [-0.3, -0.25) is 14.5 Å². The average Bonchev–Trinajstić information content (AvgIpc) is 2.80. The first kappa shape index (κ1) is 21.1. The predicted octanol–water partition coefficient (Wildman–Crippen LogP) is 3.28. The third-order valence-corrected chi connectivity index (χ3v) is 5.88. The topological polar surface area (TPSA) is 61.4 Å². The molecule has 31 heavy (non-hydrogen) atoms. The van der Waals surface area contributed by atoms with Gasteiger partial charge in [0.15, 0.2) is 0 Å². The van der Waals surface area contributed by atoms with E-state index in [0.717, 1.165) is 19.4 Å². The van der Waals surface area contributed by atoms with Crippen LogP contribution in [0.4, 0.5) is 0 Å². The van der Waals surface area contributed by atoms with E-state index in [1.807, 2.05) is 30.3 Å². The van der Waals surface area contributed by atoms with Gasteiger partial charge in [0.2, 0.25) is 11.8 Å². The Balaban J connectivity index is 1.35. The highest BCUT2D eigenvalue weighted by Gasteiger charge is 2.31. The van der Waals surface area contributed by atoms with Crippen molar-refractivity contribution in [2.75, 3.05) is 19.6 Å². The standard InChI is InChI=1S/C26H29N3O2/c30-25(27-15-7-10-20-8-2-1-3-9-20)18-24-26(31)28-16-17-29(24)19-22-13-6-12-21-11-4-5-14-23(21)22/h1-6,8-9,11-14,24H,7,10,15-19H2,(H,27,30)(H,28,31)/t24-/m1/s1. The summed E-state index contributed by atoms with van der Waals surface area (Å²) < 4.78 is 0. The number of hydrogen-bond donors (Lipinski definition) is 2. The average molecular weight is 416 g/mol. The van der Waals surface area contributed by atoms with Gasteiger partial charge in [-0.15, -0.1) is 0 Å². The van der Waals surface area contributed by atoms with E-state index in [1.165, 1.54) is 21.9 Å². The minimum absolute atomic E-state index is 0.0640. The van der Waals surface area contributed by atoms with Gasteiger partial charge in [0.1, 0.15) is 0 Å². The third-order valence-electron chi connectivity index (χ3n) is 5.88. The van der Waals surface area contributed by atoms with Crippen LogP contribution in [0, 0.1) is 0 Å². The lowest BCUT2D eigenvalue weighted by Crippen LogP contribution is -2.56. The molecule has 0 spiro atoms. The lowest BCUT2D eigenvalue weighted by molar-refractivity contribution is -0.134. The Morgan fingerprint density at radius 3 is 2.65 bits per heavy atom. The summed E-state index contributed by atoms with van der Waals surface area (Å²) in [6.45, 7) is 2.62. The lowest BCUT2D eigenvalue weighted by Gasteiger charge is -2.35. The zero-order valence-corrected chi connectivity index (χ0v) is 17.7.